The van der Waals surface area contributed by atoms with Gasteiger partial charge in [-0.15, -0.1) is 0 Å². The molecule has 0 bridgehead atoms. The Morgan fingerprint density at radius 2 is 1.12 bits per heavy atom. The lowest BCUT2D eigenvalue weighted by atomic mass is 9.86. The second kappa shape index (κ2) is 11.5. The maximum Gasteiger partial charge on any atom is -0.0272 e. The van der Waals surface area contributed by atoms with Crippen molar-refractivity contribution >= 4 is 0 Å². The summed E-state index contributed by atoms with van der Waals surface area (Å²) in [5.74, 6) is 2.57. The van der Waals surface area contributed by atoms with E-state index in [2.05, 4.69) is 27.7 Å². The van der Waals surface area contributed by atoms with E-state index < -0.39 is 0 Å². The molecule has 0 heteroatoms. The first kappa shape index (κ1) is 16.0. The molecule has 0 aromatic carbocycles. The standard InChI is InChI=1S/C16H33/c1-5-7-9-11-13-16(15(3)4)14-12-10-8-6-2/h16H,5-14H2,1-4H3. The molecular formula is C16H33. The lowest BCUT2D eigenvalue weighted by Gasteiger charge is -2.20. The molecule has 0 atom stereocenters. The predicted octanol–water partition coefficient (Wildman–Crippen LogP) is 6.16. The Kier molecular flexibility index (Phi) is 11.5. The molecule has 16 heavy (non-hydrogen) atoms. The van der Waals surface area contributed by atoms with E-state index in [1.165, 1.54) is 64.2 Å². The van der Waals surface area contributed by atoms with Crippen LogP contribution in [0.15, 0.2) is 0 Å². The van der Waals surface area contributed by atoms with Gasteiger partial charge in [0.15, 0.2) is 0 Å². The van der Waals surface area contributed by atoms with Crippen molar-refractivity contribution in [2.24, 2.45) is 5.92 Å². The third-order valence-corrected chi connectivity index (χ3v) is 3.63. The van der Waals surface area contributed by atoms with E-state index in [0.717, 1.165) is 5.92 Å². The minimum absolute atomic E-state index is 0.911. The van der Waals surface area contributed by atoms with E-state index in [0.29, 0.717) is 0 Å². The summed E-state index contributed by atoms with van der Waals surface area (Å²) in [5, 5.41) is 0. The van der Waals surface area contributed by atoms with Crippen LogP contribution in [0.5, 0.6) is 0 Å². The molecule has 0 aliphatic heterocycles. The van der Waals surface area contributed by atoms with E-state index in [4.69, 9.17) is 0 Å². The third kappa shape index (κ3) is 9.24. The van der Waals surface area contributed by atoms with Gasteiger partial charge in [0.1, 0.15) is 0 Å². The first-order valence-corrected chi connectivity index (χ1v) is 7.52. The molecule has 97 valence electrons. The first-order valence-electron chi connectivity index (χ1n) is 7.52. The Morgan fingerprint density at radius 1 is 0.688 bits per heavy atom. The summed E-state index contributed by atoms with van der Waals surface area (Å²) in [5.41, 5.74) is 0. The molecule has 0 spiro atoms. The molecule has 0 aromatic rings. The van der Waals surface area contributed by atoms with Gasteiger partial charge in [-0.05, 0) is 24.7 Å². The summed E-state index contributed by atoms with van der Waals surface area (Å²) in [4.78, 5) is 0. The van der Waals surface area contributed by atoms with E-state index >= 15 is 0 Å². The van der Waals surface area contributed by atoms with Crippen molar-refractivity contribution in [3.63, 3.8) is 0 Å². The van der Waals surface area contributed by atoms with Crippen molar-refractivity contribution < 1.29 is 0 Å². The van der Waals surface area contributed by atoms with Crippen molar-refractivity contribution in [3.8, 4) is 0 Å². The minimum Gasteiger partial charge on any atom is -0.0654 e. The SMILES string of the molecule is CCCCCCC(CCCCCC)[C](C)C. The highest BCUT2D eigenvalue weighted by Crippen LogP contribution is 2.26. The zero-order valence-corrected chi connectivity index (χ0v) is 12.1. The van der Waals surface area contributed by atoms with E-state index in [1.54, 1.807) is 5.92 Å². The van der Waals surface area contributed by atoms with Crippen LogP contribution in [0.25, 0.3) is 0 Å². The topological polar surface area (TPSA) is 0 Å². The molecule has 0 amide bonds. The molecule has 0 rings (SSSR count). The predicted molar refractivity (Wildman–Crippen MR) is 75.6 cm³/mol. The number of hydrogen-bond acceptors (Lipinski definition) is 0. The number of hydrogen-bond donors (Lipinski definition) is 0. The Labute approximate surface area is 104 Å². The molecule has 0 saturated carbocycles. The maximum atomic E-state index is 2.32. The minimum atomic E-state index is 0.911. The Hall–Kier alpha value is 0. The van der Waals surface area contributed by atoms with Gasteiger partial charge >= 0.3 is 0 Å². The van der Waals surface area contributed by atoms with Gasteiger partial charge in [0.05, 0.1) is 0 Å². The van der Waals surface area contributed by atoms with Gasteiger partial charge in [0.25, 0.3) is 0 Å². The zero-order valence-electron chi connectivity index (χ0n) is 12.1. The zero-order chi connectivity index (χ0) is 12.2. The van der Waals surface area contributed by atoms with E-state index in [-0.39, 0.29) is 0 Å². The quantitative estimate of drug-likeness (QED) is 0.369. The summed E-state index contributed by atoms with van der Waals surface area (Å²) in [6.45, 7) is 9.23. The van der Waals surface area contributed by atoms with Crippen LogP contribution in [0.1, 0.15) is 91.9 Å². The fraction of sp³-hybridized carbons (Fsp3) is 0.938. The van der Waals surface area contributed by atoms with Crippen molar-refractivity contribution in [1.82, 2.24) is 0 Å². The van der Waals surface area contributed by atoms with E-state index in [1.807, 2.05) is 0 Å². The van der Waals surface area contributed by atoms with Crippen LogP contribution in [-0.4, -0.2) is 0 Å². The van der Waals surface area contributed by atoms with Crippen LogP contribution in [0, 0.1) is 11.8 Å². The van der Waals surface area contributed by atoms with E-state index in [9.17, 15) is 0 Å². The molecule has 0 saturated heterocycles. The summed E-state index contributed by atoms with van der Waals surface area (Å²) < 4.78 is 0. The normalized spacial score (nSPS) is 11.6. The van der Waals surface area contributed by atoms with Crippen LogP contribution in [0.3, 0.4) is 0 Å². The van der Waals surface area contributed by atoms with Crippen molar-refractivity contribution in [3.05, 3.63) is 5.92 Å². The van der Waals surface area contributed by atoms with Crippen LogP contribution < -0.4 is 0 Å². The largest absolute Gasteiger partial charge is 0.0654 e. The van der Waals surface area contributed by atoms with Gasteiger partial charge in [-0.1, -0.05) is 79.1 Å². The average Bonchev–Trinajstić information content (AvgIpc) is 2.26. The van der Waals surface area contributed by atoms with Crippen molar-refractivity contribution in [1.29, 1.82) is 0 Å². The molecule has 0 unspecified atom stereocenters. The molecule has 0 fully saturated rings. The molecular weight excluding hydrogens is 192 g/mol. The molecule has 0 nitrogen and oxygen atoms in total. The summed E-state index contributed by atoms with van der Waals surface area (Å²) in [7, 11) is 0. The van der Waals surface area contributed by atoms with Gasteiger partial charge in [0, 0.05) is 0 Å². The molecule has 0 aliphatic carbocycles. The lowest BCUT2D eigenvalue weighted by molar-refractivity contribution is 0.420. The smallest absolute Gasteiger partial charge is 0.0272 e. The summed E-state index contributed by atoms with van der Waals surface area (Å²) in [6.07, 6.45) is 14.2. The molecule has 0 heterocycles. The van der Waals surface area contributed by atoms with Gasteiger partial charge in [-0.25, -0.2) is 0 Å². The summed E-state index contributed by atoms with van der Waals surface area (Å²) in [6, 6.07) is 0. The summed E-state index contributed by atoms with van der Waals surface area (Å²) >= 11 is 0. The third-order valence-electron chi connectivity index (χ3n) is 3.63. The highest BCUT2D eigenvalue weighted by Gasteiger charge is 2.12. The first-order chi connectivity index (χ1) is 7.72. The highest BCUT2D eigenvalue weighted by molar-refractivity contribution is 4.86. The monoisotopic (exact) mass is 225 g/mol. The van der Waals surface area contributed by atoms with Gasteiger partial charge in [-0.3, -0.25) is 0 Å². The average molecular weight is 225 g/mol. The Balaban J connectivity index is 3.54. The van der Waals surface area contributed by atoms with Crippen molar-refractivity contribution in [2.45, 2.75) is 91.9 Å². The second-order valence-electron chi connectivity index (χ2n) is 5.47. The molecule has 1 radical (unpaired) electrons. The Morgan fingerprint density at radius 3 is 1.44 bits per heavy atom. The fourth-order valence-electron chi connectivity index (χ4n) is 2.36. The molecule has 0 N–H and O–H groups in total. The maximum absolute atomic E-state index is 2.32. The Bertz CT molecular complexity index is 114. The van der Waals surface area contributed by atoms with Gasteiger partial charge in [0.2, 0.25) is 0 Å². The van der Waals surface area contributed by atoms with Crippen LogP contribution >= 0.6 is 0 Å². The fourth-order valence-corrected chi connectivity index (χ4v) is 2.36. The second-order valence-corrected chi connectivity index (χ2v) is 5.47. The molecule has 0 aliphatic rings. The number of rotatable bonds is 11. The highest BCUT2D eigenvalue weighted by atomic mass is 14.2. The van der Waals surface area contributed by atoms with Crippen molar-refractivity contribution in [2.75, 3.05) is 0 Å². The number of unbranched alkanes of at least 4 members (excludes halogenated alkanes) is 6. The van der Waals surface area contributed by atoms with Crippen LogP contribution in [-0.2, 0) is 0 Å². The molecule has 0 aromatic heterocycles. The van der Waals surface area contributed by atoms with Gasteiger partial charge in [-0.2, -0.15) is 0 Å². The van der Waals surface area contributed by atoms with Crippen LogP contribution in [0.2, 0.25) is 0 Å². The van der Waals surface area contributed by atoms with Crippen LogP contribution in [0.4, 0.5) is 0 Å². The van der Waals surface area contributed by atoms with Gasteiger partial charge < -0.3 is 0 Å². The lowest BCUT2D eigenvalue weighted by Crippen LogP contribution is -2.07.